The van der Waals surface area contributed by atoms with Crippen molar-refractivity contribution in [3.63, 3.8) is 0 Å². The first-order chi connectivity index (χ1) is 10.4. The molecule has 0 aromatic carbocycles. The Morgan fingerprint density at radius 3 is 2.05 bits per heavy atom. The fourth-order valence-corrected chi connectivity index (χ4v) is 1.51. The zero-order valence-electron chi connectivity index (χ0n) is 13.2. The second kappa shape index (κ2) is 11.7. The van der Waals surface area contributed by atoms with Crippen molar-refractivity contribution in [3.8, 4) is 0 Å². The van der Waals surface area contributed by atoms with Crippen LogP contribution in [0.4, 0.5) is 0 Å². The van der Waals surface area contributed by atoms with Crippen LogP contribution in [0.5, 0.6) is 0 Å². The van der Waals surface area contributed by atoms with Gasteiger partial charge in [-0.1, -0.05) is 0 Å². The van der Waals surface area contributed by atoms with Gasteiger partial charge in [-0.25, -0.2) is 9.59 Å². The van der Waals surface area contributed by atoms with Gasteiger partial charge in [-0.15, -0.1) is 0 Å². The molecule has 0 radical (unpaired) electrons. The number of ether oxygens (including phenoxy) is 3. The number of carbonyl (C=O) groups excluding carboxylic acids is 2. The summed E-state index contributed by atoms with van der Waals surface area (Å²) in [7, 11) is 3.08. The summed E-state index contributed by atoms with van der Waals surface area (Å²) >= 11 is 0. The monoisotopic (exact) mass is 317 g/mol. The summed E-state index contributed by atoms with van der Waals surface area (Å²) in [5.41, 5.74) is -0.0319. The molecule has 0 aromatic heterocycles. The van der Waals surface area contributed by atoms with Crippen molar-refractivity contribution >= 4 is 17.8 Å². The van der Waals surface area contributed by atoms with Crippen LogP contribution in [0.15, 0.2) is 11.6 Å². The number of amides is 1. The van der Waals surface area contributed by atoms with Gasteiger partial charge >= 0.3 is 11.9 Å². The van der Waals surface area contributed by atoms with Gasteiger partial charge in [-0.2, -0.15) is 0 Å². The average molecular weight is 317 g/mol. The number of aliphatic carboxylic acids is 1. The van der Waals surface area contributed by atoms with Gasteiger partial charge in [-0.05, 0) is 6.92 Å². The molecule has 22 heavy (non-hydrogen) atoms. The average Bonchev–Trinajstić information content (AvgIpc) is 2.46. The number of hydrogen-bond acceptors (Lipinski definition) is 6. The van der Waals surface area contributed by atoms with E-state index in [0.717, 1.165) is 6.08 Å². The third-order valence-electron chi connectivity index (χ3n) is 2.69. The third kappa shape index (κ3) is 9.09. The first-order valence-electron chi connectivity index (χ1n) is 6.76. The van der Waals surface area contributed by atoms with Crippen molar-refractivity contribution in [1.29, 1.82) is 0 Å². The number of methoxy groups -OCH3 is 2. The summed E-state index contributed by atoms with van der Waals surface area (Å²) in [6, 6.07) is 0. The fraction of sp³-hybridized carbons (Fsp3) is 0.643. The Labute approximate surface area is 129 Å². The Morgan fingerprint density at radius 2 is 1.59 bits per heavy atom. The molecule has 0 unspecified atom stereocenters. The number of esters is 1. The molecule has 0 fully saturated rings. The van der Waals surface area contributed by atoms with E-state index >= 15 is 0 Å². The van der Waals surface area contributed by atoms with Crippen LogP contribution < -0.4 is 0 Å². The van der Waals surface area contributed by atoms with Gasteiger partial charge in [0.2, 0.25) is 5.91 Å². The van der Waals surface area contributed by atoms with Gasteiger partial charge in [0.1, 0.15) is 6.61 Å². The Kier molecular flexibility index (Phi) is 10.7. The standard InChI is InChI=1S/C14H23NO7/c1-11(10-13(17)18)14(19)22-7-4-12(16)15(5-8-20-2)6-9-21-3/h10H,4-9H2,1-3H3,(H,17,18)/b11-10+. The van der Waals surface area contributed by atoms with Crippen LogP contribution in [0.1, 0.15) is 13.3 Å². The van der Waals surface area contributed by atoms with Crippen LogP contribution in [0.3, 0.4) is 0 Å². The zero-order valence-corrected chi connectivity index (χ0v) is 13.2. The fourth-order valence-electron chi connectivity index (χ4n) is 1.51. The van der Waals surface area contributed by atoms with Crippen LogP contribution >= 0.6 is 0 Å². The molecule has 1 amide bonds. The lowest BCUT2D eigenvalue weighted by atomic mass is 10.3. The van der Waals surface area contributed by atoms with Crippen molar-refractivity contribution in [1.82, 2.24) is 4.90 Å². The van der Waals surface area contributed by atoms with Crippen LogP contribution in [-0.2, 0) is 28.6 Å². The zero-order chi connectivity index (χ0) is 17.0. The summed E-state index contributed by atoms with van der Waals surface area (Å²) in [6.45, 7) is 2.86. The van der Waals surface area contributed by atoms with Crippen molar-refractivity contribution < 1.29 is 33.7 Å². The summed E-state index contributed by atoms with van der Waals surface area (Å²) < 4.78 is 14.7. The maximum absolute atomic E-state index is 12.0. The molecule has 0 aliphatic heterocycles. The Morgan fingerprint density at radius 1 is 1.05 bits per heavy atom. The van der Waals surface area contributed by atoms with Gasteiger partial charge in [-0.3, -0.25) is 4.79 Å². The number of rotatable bonds is 11. The van der Waals surface area contributed by atoms with Crippen molar-refractivity contribution in [2.24, 2.45) is 0 Å². The molecule has 0 saturated heterocycles. The highest BCUT2D eigenvalue weighted by molar-refractivity contribution is 5.95. The Balaban J connectivity index is 4.26. The highest BCUT2D eigenvalue weighted by atomic mass is 16.5. The molecule has 0 atom stereocenters. The number of carbonyl (C=O) groups is 3. The van der Waals surface area contributed by atoms with E-state index in [-0.39, 0.29) is 24.5 Å². The quantitative estimate of drug-likeness (QED) is 0.425. The molecule has 0 aliphatic rings. The number of carboxylic acid groups (broad SMARTS) is 1. The van der Waals surface area contributed by atoms with E-state index in [0.29, 0.717) is 26.3 Å². The van der Waals surface area contributed by atoms with Gasteiger partial charge in [0.15, 0.2) is 0 Å². The van der Waals surface area contributed by atoms with Crippen LogP contribution in [0.2, 0.25) is 0 Å². The van der Waals surface area contributed by atoms with E-state index in [9.17, 15) is 14.4 Å². The third-order valence-corrected chi connectivity index (χ3v) is 2.69. The molecule has 8 nitrogen and oxygen atoms in total. The molecular weight excluding hydrogens is 294 g/mol. The van der Waals surface area contributed by atoms with Crippen molar-refractivity contribution in [2.45, 2.75) is 13.3 Å². The predicted octanol–water partition coefficient (Wildman–Crippen LogP) is 0.0720. The molecule has 126 valence electrons. The Hall–Kier alpha value is -1.93. The van der Waals surface area contributed by atoms with E-state index in [1.807, 2.05) is 0 Å². The molecule has 0 saturated carbocycles. The maximum atomic E-state index is 12.0. The lowest BCUT2D eigenvalue weighted by Gasteiger charge is -2.22. The second-order valence-corrected chi connectivity index (χ2v) is 4.42. The lowest BCUT2D eigenvalue weighted by molar-refractivity contribution is -0.142. The van der Waals surface area contributed by atoms with Crippen LogP contribution in [0, 0.1) is 0 Å². The second-order valence-electron chi connectivity index (χ2n) is 4.42. The normalized spacial score (nSPS) is 11.1. The van der Waals surface area contributed by atoms with Crippen LogP contribution in [0.25, 0.3) is 0 Å². The van der Waals surface area contributed by atoms with E-state index in [1.165, 1.54) is 21.1 Å². The van der Waals surface area contributed by atoms with E-state index in [4.69, 9.17) is 19.3 Å². The van der Waals surface area contributed by atoms with Gasteiger partial charge in [0.05, 0.1) is 19.6 Å². The molecule has 0 bridgehead atoms. The van der Waals surface area contributed by atoms with Gasteiger partial charge in [0, 0.05) is 39.0 Å². The lowest BCUT2D eigenvalue weighted by Crippen LogP contribution is -2.37. The molecule has 0 rings (SSSR count). The topological polar surface area (TPSA) is 102 Å². The first-order valence-corrected chi connectivity index (χ1v) is 6.76. The molecular formula is C14H23NO7. The molecule has 8 heteroatoms. The van der Waals surface area contributed by atoms with E-state index in [2.05, 4.69) is 0 Å². The minimum atomic E-state index is -1.23. The smallest absolute Gasteiger partial charge is 0.333 e. The first kappa shape index (κ1) is 20.1. The van der Waals surface area contributed by atoms with Gasteiger partial charge < -0.3 is 24.2 Å². The SMILES string of the molecule is COCCN(CCOC)C(=O)CCOC(=O)/C(C)=C/C(=O)O. The van der Waals surface area contributed by atoms with Gasteiger partial charge in [0.25, 0.3) is 0 Å². The molecule has 0 aliphatic carbocycles. The number of nitrogens with zero attached hydrogens (tertiary/aromatic N) is 1. The van der Waals surface area contributed by atoms with Crippen molar-refractivity contribution in [3.05, 3.63) is 11.6 Å². The minimum absolute atomic E-state index is 0.0134. The molecule has 0 aromatic rings. The largest absolute Gasteiger partial charge is 0.478 e. The summed E-state index contributed by atoms with van der Waals surface area (Å²) in [5.74, 6) is -2.17. The maximum Gasteiger partial charge on any atom is 0.333 e. The number of hydrogen-bond donors (Lipinski definition) is 1. The Bertz CT molecular complexity index is 398. The van der Waals surface area contributed by atoms with E-state index < -0.39 is 11.9 Å². The van der Waals surface area contributed by atoms with Crippen molar-refractivity contribution in [2.75, 3.05) is 47.1 Å². The summed E-state index contributed by atoms with van der Waals surface area (Å²) in [6.07, 6.45) is 0.771. The van der Waals surface area contributed by atoms with Crippen LogP contribution in [-0.4, -0.2) is 75.0 Å². The van der Waals surface area contributed by atoms with E-state index in [1.54, 1.807) is 4.90 Å². The molecule has 1 N–H and O–H groups in total. The highest BCUT2D eigenvalue weighted by Crippen LogP contribution is 2.00. The predicted molar refractivity (Wildman–Crippen MR) is 77.3 cm³/mol. The number of carboxylic acids is 1. The summed E-state index contributed by atoms with van der Waals surface area (Å²) in [5, 5.41) is 8.52. The minimum Gasteiger partial charge on any atom is -0.478 e. The highest BCUT2D eigenvalue weighted by Gasteiger charge is 2.14. The molecule has 0 spiro atoms. The summed E-state index contributed by atoms with van der Waals surface area (Å²) in [4.78, 5) is 35.4. The molecule has 0 heterocycles.